The van der Waals surface area contributed by atoms with Gasteiger partial charge in [-0.15, -0.1) is 0 Å². The fourth-order valence-electron chi connectivity index (χ4n) is 4.74. The van der Waals surface area contributed by atoms with Gasteiger partial charge in [0.15, 0.2) is 6.04 Å². The summed E-state index contributed by atoms with van der Waals surface area (Å²) in [6.45, 7) is 8.49. The normalized spacial score (nSPS) is 19.2. The number of rotatable bonds is 5. The zero-order chi connectivity index (χ0) is 26.3. The average Bonchev–Trinajstić information content (AvgIpc) is 3.28. The SMILES string of the molecule is CC(C)(C)OC(=O)N1C[C@H]([C@H](NC(=O)OCC2c3ccccc3-c3ccccc32)C(=O)O)OC1(C)C. The van der Waals surface area contributed by atoms with E-state index in [4.69, 9.17) is 14.2 Å². The van der Waals surface area contributed by atoms with Crippen molar-refractivity contribution in [1.82, 2.24) is 10.2 Å². The number of hydrogen-bond acceptors (Lipinski definition) is 6. The lowest BCUT2D eigenvalue weighted by Gasteiger charge is -2.31. The molecule has 0 unspecified atom stereocenters. The molecule has 0 radical (unpaired) electrons. The average molecular weight is 497 g/mol. The van der Waals surface area contributed by atoms with Gasteiger partial charge in [0, 0.05) is 5.92 Å². The Hall–Kier alpha value is -3.59. The fraction of sp³-hybridized carbons (Fsp3) is 0.444. The van der Waals surface area contributed by atoms with Crippen LogP contribution in [0.25, 0.3) is 11.1 Å². The summed E-state index contributed by atoms with van der Waals surface area (Å²) in [5.74, 6) is -1.45. The molecule has 2 aliphatic rings. The zero-order valence-electron chi connectivity index (χ0n) is 21.1. The lowest BCUT2D eigenvalue weighted by molar-refractivity contribution is -0.145. The van der Waals surface area contributed by atoms with Crippen LogP contribution in [0.5, 0.6) is 0 Å². The van der Waals surface area contributed by atoms with Crippen LogP contribution in [0.2, 0.25) is 0 Å². The van der Waals surface area contributed by atoms with E-state index in [0.29, 0.717) is 0 Å². The molecular weight excluding hydrogens is 464 g/mol. The number of alkyl carbamates (subject to hydrolysis) is 1. The molecule has 1 aliphatic heterocycles. The van der Waals surface area contributed by atoms with Crippen molar-refractivity contribution in [2.45, 2.75) is 64.0 Å². The van der Waals surface area contributed by atoms with Crippen molar-refractivity contribution in [3.8, 4) is 11.1 Å². The molecule has 192 valence electrons. The van der Waals surface area contributed by atoms with Gasteiger partial charge in [-0.1, -0.05) is 48.5 Å². The second-order valence-corrected chi connectivity index (χ2v) is 10.5. The van der Waals surface area contributed by atoms with Crippen LogP contribution in [-0.2, 0) is 19.0 Å². The molecule has 2 N–H and O–H groups in total. The van der Waals surface area contributed by atoms with Gasteiger partial charge in [-0.3, -0.25) is 4.90 Å². The molecule has 2 atom stereocenters. The maximum absolute atomic E-state index is 12.7. The first kappa shape index (κ1) is 25.5. The molecule has 0 aromatic heterocycles. The molecule has 1 saturated heterocycles. The van der Waals surface area contributed by atoms with Gasteiger partial charge in [-0.25, -0.2) is 14.4 Å². The standard InChI is InChI=1S/C27H32N2O7/c1-26(2,3)36-25(33)29-14-21(35-27(29,4)5)22(23(30)31)28-24(32)34-15-20-18-12-8-6-10-16(18)17-11-7-9-13-19(17)20/h6-13,20-22H,14-15H2,1-5H3,(H,28,32)(H,30,31)/t21-,22+/m1/s1. The largest absolute Gasteiger partial charge is 0.480 e. The Morgan fingerprint density at radius 1 is 1.08 bits per heavy atom. The third-order valence-corrected chi connectivity index (χ3v) is 6.32. The second-order valence-electron chi connectivity index (χ2n) is 10.5. The Labute approximate surface area is 210 Å². The second kappa shape index (κ2) is 9.46. The quantitative estimate of drug-likeness (QED) is 0.632. The summed E-state index contributed by atoms with van der Waals surface area (Å²) in [4.78, 5) is 38.7. The van der Waals surface area contributed by atoms with Crippen molar-refractivity contribution in [3.63, 3.8) is 0 Å². The Morgan fingerprint density at radius 3 is 2.17 bits per heavy atom. The van der Waals surface area contributed by atoms with E-state index in [-0.39, 0.29) is 19.1 Å². The number of nitrogens with one attached hydrogen (secondary N) is 1. The molecule has 4 rings (SSSR count). The van der Waals surface area contributed by atoms with Gasteiger partial charge in [0.05, 0.1) is 6.54 Å². The summed E-state index contributed by atoms with van der Waals surface area (Å²) in [6, 6.07) is 14.4. The number of fused-ring (bicyclic) bond motifs is 3. The molecule has 9 nitrogen and oxygen atoms in total. The van der Waals surface area contributed by atoms with Gasteiger partial charge >= 0.3 is 18.2 Å². The third kappa shape index (κ3) is 5.16. The number of carbonyl (C=O) groups is 3. The maximum Gasteiger partial charge on any atom is 0.412 e. The summed E-state index contributed by atoms with van der Waals surface area (Å²) in [5, 5.41) is 12.2. The Bertz CT molecular complexity index is 1130. The highest BCUT2D eigenvalue weighted by atomic mass is 16.6. The van der Waals surface area contributed by atoms with Crippen LogP contribution in [0.15, 0.2) is 48.5 Å². The van der Waals surface area contributed by atoms with Gasteiger partial charge in [-0.2, -0.15) is 0 Å². The Balaban J connectivity index is 1.43. The van der Waals surface area contributed by atoms with Crippen LogP contribution in [0.3, 0.4) is 0 Å². The number of benzene rings is 2. The van der Waals surface area contributed by atoms with Crippen molar-refractivity contribution < 1.29 is 33.7 Å². The van der Waals surface area contributed by atoms with Crippen LogP contribution < -0.4 is 5.32 Å². The molecule has 2 aromatic rings. The van der Waals surface area contributed by atoms with Crippen LogP contribution >= 0.6 is 0 Å². The van der Waals surface area contributed by atoms with Crippen LogP contribution in [0.1, 0.15) is 51.7 Å². The van der Waals surface area contributed by atoms with Crippen LogP contribution in [-0.4, -0.2) is 64.8 Å². The van der Waals surface area contributed by atoms with Gasteiger partial charge in [0.25, 0.3) is 0 Å². The minimum absolute atomic E-state index is 0.0489. The molecule has 0 bridgehead atoms. The predicted octanol–water partition coefficient (Wildman–Crippen LogP) is 4.35. The van der Waals surface area contributed by atoms with Gasteiger partial charge in [0.2, 0.25) is 0 Å². The zero-order valence-corrected chi connectivity index (χ0v) is 21.1. The molecule has 1 aliphatic carbocycles. The van der Waals surface area contributed by atoms with Crippen molar-refractivity contribution >= 4 is 18.2 Å². The summed E-state index contributed by atoms with van der Waals surface area (Å²) >= 11 is 0. The van der Waals surface area contributed by atoms with Crippen molar-refractivity contribution in [2.75, 3.05) is 13.2 Å². The number of nitrogens with zero attached hydrogens (tertiary/aromatic N) is 1. The van der Waals surface area contributed by atoms with E-state index in [0.717, 1.165) is 22.3 Å². The molecule has 1 heterocycles. The summed E-state index contributed by atoms with van der Waals surface area (Å²) < 4.78 is 16.8. The number of carboxylic acid groups (broad SMARTS) is 1. The molecule has 0 spiro atoms. The number of carboxylic acids is 1. The number of aliphatic carboxylic acids is 1. The predicted molar refractivity (Wildman–Crippen MR) is 132 cm³/mol. The minimum Gasteiger partial charge on any atom is -0.480 e. The van der Waals surface area contributed by atoms with Crippen molar-refractivity contribution in [2.24, 2.45) is 0 Å². The van der Waals surface area contributed by atoms with E-state index in [1.165, 1.54) is 4.90 Å². The fourth-order valence-corrected chi connectivity index (χ4v) is 4.74. The highest BCUT2D eigenvalue weighted by molar-refractivity contribution is 5.82. The summed E-state index contributed by atoms with van der Waals surface area (Å²) in [5.41, 5.74) is 2.44. The highest BCUT2D eigenvalue weighted by Gasteiger charge is 2.49. The van der Waals surface area contributed by atoms with Crippen molar-refractivity contribution in [3.05, 3.63) is 59.7 Å². The van der Waals surface area contributed by atoms with E-state index in [2.05, 4.69) is 5.32 Å². The van der Waals surface area contributed by atoms with Crippen LogP contribution in [0.4, 0.5) is 9.59 Å². The first-order chi connectivity index (χ1) is 16.9. The lowest BCUT2D eigenvalue weighted by Crippen LogP contribution is -2.50. The molecule has 2 aromatic carbocycles. The van der Waals surface area contributed by atoms with Crippen LogP contribution in [0, 0.1) is 0 Å². The summed E-state index contributed by atoms with van der Waals surface area (Å²) in [7, 11) is 0. The van der Waals surface area contributed by atoms with E-state index in [1.807, 2.05) is 48.5 Å². The topological polar surface area (TPSA) is 114 Å². The first-order valence-electron chi connectivity index (χ1n) is 11.9. The maximum atomic E-state index is 12.7. The Kier molecular flexibility index (Phi) is 6.70. The lowest BCUT2D eigenvalue weighted by atomic mass is 9.98. The summed E-state index contributed by atoms with van der Waals surface area (Å²) in [6.07, 6.45) is -2.49. The number of carbonyl (C=O) groups excluding carboxylic acids is 2. The number of ether oxygens (including phenoxy) is 3. The molecular formula is C27H32N2O7. The molecule has 2 amide bonds. The van der Waals surface area contributed by atoms with Crippen molar-refractivity contribution in [1.29, 1.82) is 0 Å². The van der Waals surface area contributed by atoms with Gasteiger partial charge in [0.1, 0.15) is 24.0 Å². The van der Waals surface area contributed by atoms with Gasteiger partial charge < -0.3 is 24.6 Å². The van der Waals surface area contributed by atoms with E-state index in [1.54, 1.807) is 34.6 Å². The highest BCUT2D eigenvalue weighted by Crippen LogP contribution is 2.44. The van der Waals surface area contributed by atoms with Gasteiger partial charge in [-0.05, 0) is 56.9 Å². The minimum atomic E-state index is -1.42. The van der Waals surface area contributed by atoms with E-state index in [9.17, 15) is 19.5 Å². The monoisotopic (exact) mass is 496 g/mol. The number of amides is 2. The first-order valence-corrected chi connectivity index (χ1v) is 11.9. The molecule has 1 fully saturated rings. The molecule has 9 heteroatoms. The third-order valence-electron chi connectivity index (χ3n) is 6.32. The Morgan fingerprint density at radius 2 is 1.64 bits per heavy atom. The van der Waals surface area contributed by atoms with E-state index < -0.39 is 41.6 Å². The molecule has 36 heavy (non-hydrogen) atoms. The number of hydrogen-bond donors (Lipinski definition) is 2. The molecule has 0 saturated carbocycles. The smallest absolute Gasteiger partial charge is 0.412 e. The van der Waals surface area contributed by atoms with E-state index >= 15 is 0 Å².